The highest BCUT2D eigenvalue weighted by atomic mass is 16.6. The first-order chi connectivity index (χ1) is 11.6. The molecule has 1 aliphatic rings. The van der Waals surface area contributed by atoms with Crippen LogP contribution in [0.2, 0.25) is 0 Å². The number of amides is 1. The van der Waals surface area contributed by atoms with Crippen molar-refractivity contribution < 1.29 is 14.5 Å². The maximum atomic E-state index is 12.3. The summed E-state index contributed by atoms with van der Waals surface area (Å²) in [5.41, 5.74) is 5.05. The normalized spacial score (nSPS) is 16.6. The summed E-state index contributed by atoms with van der Waals surface area (Å²) < 4.78 is 5.55. The van der Waals surface area contributed by atoms with Gasteiger partial charge < -0.3 is 4.74 Å². The van der Waals surface area contributed by atoms with Crippen LogP contribution in [0, 0.1) is 10.1 Å². The van der Waals surface area contributed by atoms with Crippen LogP contribution >= 0.6 is 0 Å². The lowest BCUT2D eigenvalue weighted by atomic mass is 9.97. The van der Waals surface area contributed by atoms with Crippen LogP contribution < -0.4 is 5.43 Å². The Balaban J connectivity index is 1.64. The van der Waals surface area contributed by atoms with E-state index in [1.54, 1.807) is 12.1 Å². The minimum absolute atomic E-state index is 0.00315. The third kappa shape index (κ3) is 3.47. The highest BCUT2D eigenvalue weighted by molar-refractivity contribution is 5.85. The number of rotatable bonds is 4. The standard InChI is InChI=1S/C17H15N3O4/c21-17(16-15-4-2-1-3-13(15)9-10-24-16)19-18-11-12-5-7-14(8-6-12)20(22)23/h1-8,11,16H,9-10H2,(H,19,21)/b18-11-. The van der Waals surface area contributed by atoms with Crippen LogP contribution in [0.3, 0.4) is 0 Å². The van der Waals surface area contributed by atoms with Gasteiger partial charge in [0.1, 0.15) is 0 Å². The van der Waals surface area contributed by atoms with Crippen LogP contribution in [0.4, 0.5) is 5.69 Å². The first-order valence-corrected chi connectivity index (χ1v) is 7.42. The summed E-state index contributed by atoms with van der Waals surface area (Å²) in [7, 11) is 0. The van der Waals surface area contributed by atoms with Gasteiger partial charge in [0.15, 0.2) is 6.10 Å². The van der Waals surface area contributed by atoms with Crippen molar-refractivity contribution in [1.29, 1.82) is 0 Å². The van der Waals surface area contributed by atoms with Crippen LogP contribution in [0.5, 0.6) is 0 Å². The molecule has 0 saturated carbocycles. The van der Waals surface area contributed by atoms with Crippen molar-refractivity contribution in [2.75, 3.05) is 6.61 Å². The van der Waals surface area contributed by atoms with Gasteiger partial charge in [-0.05, 0) is 35.2 Å². The minimum Gasteiger partial charge on any atom is -0.363 e. The van der Waals surface area contributed by atoms with Gasteiger partial charge in [-0.1, -0.05) is 24.3 Å². The van der Waals surface area contributed by atoms with Crippen molar-refractivity contribution in [2.24, 2.45) is 5.10 Å². The fraction of sp³-hybridized carbons (Fsp3) is 0.176. The van der Waals surface area contributed by atoms with Gasteiger partial charge in [-0.2, -0.15) is 5.10 Å². The SMILES string of the molecule is O=C(N/N=C\c1ccc([N+](=O)[O-])cc1)C1OCCc2ccccc21. The van der Waals surface area contributed by atoms with E-state index in [-0.39, 0.29) is 11.6 Å². The Hall–Kier alpha value is -3.06. The van der Waals surface area contributed by atoms with E-state index >= 15 is 0 Å². The third-order valence-electron chi connectivity index (χ3n) is 3.72. The number of nitrogens with zero attached hydrogens (tertiary/aromatic N) is 2. The Morgan fingerprint density at radius 2 is 2.00 bits per heavy atom. The number of fused-ring (bicyclic) bond motifs is 1. The molecule has 122 valence electrons. The fourth-order valence-electron chi connectivity index (χ4n) is 2.52. The summed E-state index contributed by atoms with van der Waals surface area (Å²) in [5.74, 6) is -0.347. The van der Waals surface area contributed by atoms with Gasteiger partial charge >= 0.3 is 0 Å². The van der Waals surface area contributed by atoms with Crippen LogP contribution in [-0.4, -0.2) is 23.7 Å². The molecule has 2 aromatic rings. The van der Waals surface area contributed by atoms with E-state index in [0.717, 1.165) is 17.5 Å². The molecule has 1 N–H and O–H groups in total. The molecule has 0 spiro atoms. The lowest BCUT2D eigenvalue weighted by Crippen LogP contribution is -2.31. The van der Waals surface area contributed by atoms with Crippen LogP contribution in [0.15, 0.2) is 53.6 Å². The summed E-state index contributed by atoms with van der Waals surface area (Å²) in [5, 5.41) is 14.5. The number of hydrogen-bond acceptors (Lipinski definition) is 5. The first kappa shape index (κ1) is 15.8. The molecule has 3 rings (SSSR count). The smallest absolute Gasteiger partial charge is 0.273 e. The van der Waals surface area contributed by atoms with Crippen molar-refractivity contribution in [3.63, 3.8) is 0 Å². The molecule has 24 heavy (non-hydrogen) atoms. The topological polar surface area (TPSA) is 93.8 Å². The number of nitrogens with one attached hydrogen (secondary N) is 1. The second-order valence-corrected chi connectivity index (χ2v) is 5.28. The predicted octanol–water partition coefficient (Wildman–Crippen LogP) is 2.36. The van der Waals surface area contributed by atoms with Crippen LogP contribution in [-0.2, 0) is 16.0 Å². The average Bonchev–Trinajstić information content (AvgIpc) is 2.61. The van der Waals surface area contributed by atoms with Gasteiger partial charge in [0.2, 0.25) is 0 Å². The lowest BCUT2D eigenvalue weighted by Gasteiger charge is -2.24. The van der Waals surface area contributed by atoms with Gasteiger partial charge in [-0.15, -0.1) is 0 Å². The Kier molecular flexibility index (Phi) is 4.62. The molecule has 1 atom stereocenters. The fourth-order valence-corrected chi connectivity index (χ4v) is 2.52. The van der Waals surface area contributed by atoms with E-state index in [4.69, 9.17) is 4.74 Å². The zero-order chi connectivity index (χ0) is 16.9. The number of non-ortho nitro benzene ring substituents is 1. The van der Waals surface area contributed by atoms with E-state index in [0.29, 0.717) is 12.2 Å². The summed E-state index contributed by atoms with van der Waals surface area (Å²) in [6.07, 6.45) is 1.53. The molecule has 1 aliphatic heterocycles. The second-order valence-electron chi connectivity index (χ2n) is 5.28. The lowest BCUT2D eigenvalue weighted by molar-refractivity contribution is -0.384. The van der Waals surface area contributed by atoms with Gasteiger partial charge in [-0.3, -0.25) is 14.9 Å². The predicted molar refractivity (Wildman–Crippen MR) is 87.7 cm³/mol. The zero-order valence-electron chi connectivity index (χ0n) is 12.7. The first-order valence-electron chi connectivity index (χ1n) is 7.42. The summed E-state index contributed by atoms with van der Waals surface area (Å²) in [4.78, 5) is 22.4. The van der Waals surface area contributed by atoms with Gasteiger partial charge in [0.05, 0.1) is 17.7 Å². The van der Waals surface area contributed by atoms with E-state index < -0.39 is 11.0 Å². The largest absolute Gasteiger partial charge is 0.363 e. The highest BCUT2D eigenvalue weighted by Gasteiger charge is 2.26. The number of nitro benzene ring substituents is 1. The van der Waals surface area contributed by atoms with E-state index in [1.807, 2.05) is 24.3 Å². The number of ether oxygens (including phenoxy) is 1. The highest BCUT2D eigenvalue weighted by Crippen LogP contribution is 2.26. The maximum Gasteiger partial charge on any atom is 0.273 e. The van der Waals surface area contributed by atoms with Crippen molar-refractivity contribution in [2.45, 2.75) is 12.5 Å². The van der Waals surface area contributed by atoms with E-state index in [2.05, 4.69) is 10.5 Å². The Labute approximate surface area is 138 Å². The summed E-state index contributed by atoms with van der Waals surface area (Å²) in [6, 6.07) is 13.5. The quantitative estimate of drug-likeness (QED) is 0.530. The van der Waals surface area contributed by atoms with Crippen molar-refractivity contribution in [1.82, 2.24) is 5.43 Å². The van der Waals surface area contributed by atoms with E-state index in [9.17, 15) is 14.9 Å². The molecule has 0 aliphatic carbocycles. The number of hydrazone groups is 1. The molecule has 1 unspecified atom stereocenters. The molecule has 0 fully saturated rings. The molecule has 7 nitrogen and oxygen atoms in total. The maximum absolute atomic E-state index is 12.3. The summed E-state index contributed by atoms with van der Waals surface area (Å²) >= 11 is 0. The number of hydrogen-bond donors (Lipinski definition) is 1. The van der Waals surface area contributed by atoms with Crippen LogP contribution in [0.1, 0.15) is 22.8 Å². The van der Waals surface area contributed by atoms with Crippen molar-refractivity contribution >= 4 is 17.8 Å². The van der Waals surface area contributed by atoms with Crippen molar-refractivity contribution in [3.8, 4) is 0 Å². The number of carbonyl (C=O) groups excluding carboxylic acids is 1. The zero-order valence-corrected chi connectivity index (χ0v) is 12.7. The number of carbonyl (C=O) groups is 1. The molecule has 0 bridgehead atoms. The van der Waals surface area contributed by atoms with E-state index in [1.165, 1.54) is 18.3 Å². The minimum atomic E-state index is -0.677. The molecular weight excluding hydrogens is 310 g/mol. The Morgan fingerprint density at radius 3 is 2.75 bits per heavy atom. The Morgan fingerprint density at radius 1 is 1.25 bits per heavy atom. The summed E-state index contributed by atoms with van der Waals surface area (Å²) in [6.45, 7) is 0.487. The third-order valence-corrected chi connectivity index (χ3v) is 3.72. The average molecular weight is 325 g/mol. The molecule has 7 heteroatoms. The molecule has 0 aromatic heterocycles. The number of benzene rings is 2. The van der Waals surface area contributed by atoms with Gasteiger partial charge in [-0.25, -0.2) is 5.43 Å². The second kappa shape index (κ2) is 7.01. The monoisotopic (exact) mass is 325 g/mol. The van der Waals surface area contributed by atoms with Gasteiger partial charge in [0, 0.05) is 12.1 Å². The van der Waals surface area contributed by atoms with Crippen LogP contribution in [0.25, 0.3) is 0 Å². The molecule has 2 aromatic carbocycles. The molecule has 1 amide bonds. The molecular formula is C17H15N3O4. The molecule has 1 heterocycles. The van der Waals surface area contributed by atoms with Gasteiger partial charge in [0.25, 0.3) is 11.6 Å². The molecule has 0 radical (unpaired) electrons. The Bertz CT molecular complexity index is 787. The number of nitro groups is 1. The molecule has 0 saturated heterocycles. The van der Waals surface area contributed by atoms with Crippen molar-refractivity contribution in [3.05, 3.63) is 75.3 Å².